The van der Waals surface area contributed by atoms with Gasteiger partial charge < -0.3 is 19.3 Å². The first-order chi connectivity index (χ1) is 13.7. The van der Waals surface area contributed by atoms with Crippen LogP contribution in [0.2, 0.25) is 0 Å². The first-order valence-corrected chi connectivity index (χ1v) is 9.80. The summed E-state index contributed by atoms with van der Waals surface area (Å²) in [4.78, 5) is 40.6. The Balaban J connectivity index is 1.63. The largest absolute Gasteiger partial charge is 0.444 e. The molecule has 152 valence electrons. The number of benzene rings is 2. The fourth-order valence-corrected chi connectivity index (χ4v) is 3.87. The van der Waals surface area contributed by atoms with Crippen molar-refractivity contribution in [2.45, 2.75) is 32.8 Å². The van der Waals surface area contributed by atoms with Crippen molar-refractivity contribution in [1.29, 1.82) is 0 Å². The Bertz CT molecular complexity index is 988. The number of hydrogen-bond acceptors (Lipinski definition) is 6. The number of amides is 1. The van der Waals surface area contributed by atoms with Gasteiger partial charge in [-0.1, -0.05) is 12.1 Å². The normalized spacial score (nSPS) is 17.2. The van der Waals surface area contributed by atoms with E-state index in [-0.39, 0.29) is 6.09 Å². The molecule has 0 aliphatic carbocycles. The predicted octanol–water partition coefficient (Wildman–Crippen LogP) is 3.60. The molecule has 2 aliphatic heterocycles. The van der Waals surface area contributed by atoms with Crippen molar-refractivity contribution >= 4 is 34.5 Å². The summed E-state index contributed by atoms with van der Waals surface area (Å²) in [5.41, 5.74) is 1.23. The first kappa shape index (κ1) is 19.2. The van der Waals surface area contributed by atoms with Crippen LogP contribution in [0.1, 0.15) is 47.9 Å². The van der Waals surface area contributed by atoms with Crippen LogP contribution in [0.4, 0.5) is 10.5 Å². The van der Waals surface area contributed by atoms with Gasteiger partial charge in [0.25, 0.3) is 0 Å². The SMILES string of the molecule is CC(C)(C)OC(=O)N1CCCN(c2ccc3c4c(cccc24)C(=O)OC3=O)CC1. The van der Waals surface area contributed by atoms with Gasteiger partial charge in [0.05, 0.1) is 11.1 Å². The van der Waals surface area contributed by atoms with E-state index in [0.717, 1.165) is 24.0 Å². The summed E-state index contributed by atoms with van der Waals surface area (Å²) in [5.74, 6) is -1.23. The monoisotopic (exact) mass is 396 g/mol. The highest BCUT2D eigenvalue weighted by Gasteiger charge is 2.30. The Morgan fingerprint density at radius 1 is 0.966 bits per heavy atom. The summed E-state index contributed by atoms with van der Waals surface area (Å²) in [6.45, 7) is 8.13. The van der Waals surface area contributed by atoms with Gasteiger partial charge in [-0.25, -0.2) is 14.4 Å². The number of nitrogens with zero attached hydrogens (tertiary/aromatic N) is 2. The second-order valence-corrected chi connectivity index (χ2v) is 8.35. The number of carbonyl (C=O) groups is 3. The summed E-state index contributed by atoms with van der Waals surface area (Å²) in [6.07, 6.45) is 0.493. The van der Waals surface area contributed by atoms with E-state index in [1.165, 1.54) is 0 Å². The molecule has 4 rings (SSSR count). The van der Waals surface area contributed by atoms with Crippen molar-refractivity contribution in [2.24, 2.45) is 0 Å². The highest BCUT2D eigenvalue weighted by atomic mass is 16.6. The average Bonchev–Trinajstić information content (AvgIpc) is 2.90. The van der Waals surface area contributed by atoms with Crippen LogP contribution in [-0.4, -0.2) is 54.7 Å². The lowest BCUT2D eigenvalue weighted by atomic mass is 9.95. The number of anilines is 1. The molecular formula is C22H24N2O5. The summed E-state index contributed by atoms with van der Waals surface area (Å²) < 4.78 is 10.3. The minimum absolute atomic E-state index is 0.301. The van der Waals surface area contributed by atoms with E-state index >= 15 is 0 Å². The molecule has 1 fully saturated rings. The summed E-state index contributed by atoms with van der Waals surface area (Å²) in [5, 5.41) is 1.48. The molecule has 0 aromatic heterocycles. The predicted molar refractivity (Wildman–Crippen MR) is 108 cm³/mol. The minimum atomic E-state index is -0.614. The van der Waals surface area contributed by atoms with Crippen molar-refractivity contribution in [3.8, 4) is 0 Å². The number of hydrogen-bond donors (Lipinski definition) is 0. The van der Waals surface area contributed by atoms with Crippen molar-refractivity contribution in [1.82, 2.24) is 4.90 Å². The van der Waals surface area contributed by atoms with Gasteiger partial charge in [0, 0.05) is 42.6 Å². The van der Waals surface area contributed by atoms with Crippen LogP contribution in [0.3, 0.4) is 0 Å². The number of rotatable bonds is 1. The molecule has 0 unspecified atom stereocenters. The number of cyclic esters (lactones) is 2. The van der Waals surface area contributed by atoms with E-state index in [1.54, 1.807) is 23.1 Å². The van der Waals surface area contributed by atoms with Crippen molar-refractivity contribution in [3.63, 3.8) is 0 Å². The van der Waals surface area contributed by atoms with Crippen LogP contribution in [0.15, 0.2) is 30.3 Å². The molecule has 2 aromatic rings. The van der Waals surface area contributed by atoms with Gasteiger partial charge in [-0.2, -0.15) is 0 Å². The van der Waals surface area contributed by atoms with Crippen LogP contribution < -0.4 is 4.90 Å². The van der Waals surface area contributed by atoms with Crippen LogP contribution >= 0.6 is 0 Å². The molecule has 2 aromatic carbocycles. The fraction of sp³-hybridized carbons (Fsp3) is 0.409. The van der Waals surface area contributed by atoms with Gasteiger partial charge in [0.1, 0.15) is 5.60 Å². The molecule has 0 N–H and O–H groups in total. The van der Waals surface area contributed by atoms with Crippen LogP contribution in [-0.2, 0) is 9.47 Å². The lowest BCUT2D eigenvalue weighted by Crippen LogP contribution is -2.39. The topological polar surface area (TPSA) is 76.2 Å². The molecule has 2 aliphatic rings. The second kappa shape index (κ2) is 7.06. The third-order valence-corrected chi connectivity index (χ3v) is 5.13. The Kier molecular flexibility index (Phi) is 4.68. The standard InChI is InChI=1S/C22H24N2O5/c1-22(2,3)29-21(27)24-11-5-10-23(12-13-24)17-9-8-16-18-14(17)6-4-7-15(18)19(25)28-20(16)26/h4,6-9H,5,10-13H2,1-3H3. The van der Waals surface area contributed by atoms with Crippen LogP contribution in [0, 0.1) is 0 Å². The van der Waals surface area contributed by atoms with Gasteiger partial charge in [-0.15, -0.1) is 0 Å². The quantitative estimate of drug-likeness (QED) is 0.542. The highest BCUT2D eigenvalue weighted by Crippen LogP contribution is 2.35. The second-order valence-electron chi connectivity index (χ2n) is 8.35. The van der Waals surface area contributed by atoms with Gasteiger partial charge in [-0.05, 0) is 45.4 Å². The van der Waals surface area contributed by atoms with Crippen molar-refractivity contribution < 1.29 is 23.9 Å². The molecule has 0 spiro atoms. The van der Waals surface area contributed by atoms with Crippen molar-refractivity contribution in [3.05, 3.63) is 41.5 Å². The summed E-state index contributed by atoms with van der Waals surface area (Å²) >= 11 is 0. The average molecular weight is 396 g/mol. The molecule has 0 atom stereocenters. The van der Waals surface area contributed by atoms with E-state index in [0.29, 0.717) is 36.1 Å². The summed E-state index contributed by atoms with van der Waals surface area (Å²) in [6, 6.07) is 9.00. The van der Waals surface area contributed by atoms with E-state index in [9.17, 15) is 14.4 Å². The molecule has 2 heterocycles. The summed E-state index contributed by atoms with van der Waals surface area (Å²) in [7, 11) is 0. The number of ether oxygens (including phenoxy) is 2. The number of carbonyl (C=O) groups excluding carboxylic acids is 3. The van der Waals surface area contributed by atoms with Gasteiger partial charge in [0.15, 0.2) is 0 Å². The maximum Gasteiger partial charge on any atom is 0.410 e. The van der Waals surface area contributed by atoms with Gasteiger partial charge in [-0.3, -0.25) is 0 Å². The maximum absolute atomic E-state index is 12.4. The molecule has 29 heavy (non-hydrogen) atoms. The zero-order valence-electron chi connectivity index (χ0n) is 16.9. The van der Waals surface area contributed by atoms with E-state index in [1.807, 2.05) is 32.9 Å². The Morgan fingerprint density at radius 2 is 1.69 bits per heavy atom. The van der Waals surface area contributed by atoms with Crippen molar-refractivity contribution in [2.75, 3.05) is 31.1 Å². The fourth-order valence-electron chi connectivity index (χ4n) is 3.87. The third-order valence-electron chi connectivity index (χ3n) is 5.13. The van der Waals surface area contributed by atoms with E-state index in [2.05, 4.69) is 4.90 Å². The Morgan fingerprint density at radius 3 is 2.41 bits per heavy atom. The minimum Gasteiger partial charge on any atom is -0.444 e. The molecule has 0 bridgehead atoms. The smallest absolute Gasteiger partial charge is 0.410 e. The molecule has 0 saturated carbocycles. The van der Waals surface area contributed by atoms with Crippen LogP contribution in [0.25, 0.3) is 10.8 Å². The number of esters is 2. The first-order valence-electron chi connectivity index (χ1n) is 9.80. The molecular weight excluding hydrogens is 372 g/mol. The van der Waals surface area contributed by atoms with Gasteiger partial charge in [0.2, 0.25) is 0 Å². The van der Waals surface area contributed by atoms with Gasteiger partial charge >= 0.3 is 18.0 Å². The zero-order valence-corrected chi connectivity index (χ0v) is 16.9. The van der Waals surface area contributed by atoms with Crippen LogP contribution in [0.5, 0.6) is 0 Å². The Hall–Kier alpha value is -3.09. The van der Waals surface area contributed by atoms with E-state index in [4.69, 9.17) is 9.47 Å². The molecule has 7 heteroatoms. The third kappa shape index (κ3) is 3.64. The molecule has 1 amide bonds. The molecule has 0 radical (unpaired) electrons. The lowest BCUT2D eigenvalue weighted by molar-refractivity contribution is 0.0262. The zero-order chi connectivity index (χ0) is 20.8. The molecule has 7 nitrogen and oxygen atoms in total. The van der Waals surface area contributed by atoms with E-state index < -0.39 is 17.5 Å². The lowest BCUT2D eigenvalue weighted by Gasteiger charge is -2.28. The Labute approximate surface area is 169 Å². The highest BCUT2D eigenvalue weighted by molar-refractivity contribution is 6.22. The molecule has 1 saturated heterocycles. The maximum atomic E-state index is 12.4.